The van der Waals surface area contributed by atoms with E-state index in [2.05, 4.69) is 25.1 Å². The zero-order valence-corrected chi connectivity index (χ0v) is 17.2. The lowest BCUT2D eigenvalue weighted by Crippen LogP contribution is -2.15. The highest BCUT2D eigenvalue weighted by Gasteiger charge is 2.17. The fraction of sp³-hybridized carbons (Fsp3) is 0.0476. The molecule has 2 N–H and O–H groups in total. The topological polar surface area (TPSA) is 119 Å². The molecule has 0 atom stereocenters. The van der Waals surface area contributed by atoms with E-state index >= 15 is 0 Å². The molecule has 0 unspecified atom stereocenters. The van der Waals surface area contributed by atoms with Gasteiger partial charge >= 0.3 is 0 Å². The van der Waals surface area contributed by atoms with Gasteiger partial charge in [-0.3, -0.25) is 9.48 Å². The van der Waals surface area contributed by atoms with Crippen LogP contribution in [0.15, 0.2) is 84.0 Å². The summed E-state index contributed by atoms with van der Waals surface area (Å²) in [4.78, 5) is 20.3. The van der Waals surface area contributed by atoms with Crippen molar-refractivity contribution < 1.29 is 13.2 Å². The van der Waals surface area contributed by atoms with Gasteiger partial charge in [0.05, 0.1) is 10.6 Å². The molecule has 31 heavy (non-hydrogen) atoms. The molecule has 0 aliphatic carbocycles. The van der Waals surface area contributed by atoms with E-state index in [4.69, 9.17) is 0 Å². The molecule has 0 spiro atoms. The maximum Gasteiger partial charge on any atom is 0.276 e. The lowest BCUT2D eigenvalue weighted by atomic mass is 10.1. The van der Waals surface area contributed by atoms with Gasteiger partial charge in [-0.25, -0.2) is 23.1 Å². The highest BCUT2D eigenvalue weighted by Crippen LogP contribution is 2.21. The van der Waals surface area contributed by atoms with Crippen molar-refractivity contribution >= 4 is 27.6 Å². The largest absolute Gasteiger partial charge is 0.321 e. The zero-order valence-electron chi connectivity index (χ0n) is 16.4. The number of amides is 1. The lowest BCUT2D eigenvalue weighted by molar-refractivity contribution is 0.102. The summed E-state index contributed by atoms with van der Waals surface area (Å²) in [6.07, 6.45) is 2.87. The van der Waals surface area contributed by atoms with Crippen LogP contribution in [0.2, 0.25) is 0 Å². The molecule has 0 saturated heterocycles. The summed E-state index contributed by atoms with van der Waals surface area (Å²) in [6, 6.07) is 18.7. The second-order valence-corrected chi connectivity index (χ2v) is 8.24. The summed E-state index contributed by atoms with van der Waals surface area (Å²) in [7, 11) is -2.08. The van der Waals surface area contributed by atoms with E-state index < -0.39 is 15.9 Å². The van der Waals surface area contributed by atoms with Gasteiger partial charge in [-0.1, -0.05) is 30.3 Å². The molecule has 4 aromatic rings. The van der Waals surface area contributed by atoms with Crippen LogP contribution in [0, 0.1) is 0 Å². The predicted octanol–water partition coefficient (Wildman–Crippen LogP) is 2.93. The quantitative estimate of drug-likeness (QED) is 0.482. The second kappa shape index (κ2) is 8.36. The van der Waals surface area contributed by atoms with Crippen molar-refractivity contribution in [1.82, 2.24) is 19.7 Å². The van der Waals surface area contributed by atoms with Crippen molar-refractivity contribution in [2.45, 2.75) is 4.90 Å². The van der Waals surface area contributed by atoms with Crippen LogP contribution in [0.1, 0.15) is 10.5 Å². The Bertz CT molecular complexity index is 1300. The fourth-order valence-corrected chi connectivity index (χ4v) is 3.86. The van der Waals surface area contributed by atoms with Gasteiger partial charge in [0.2, 0.25) is 5.95 Å². The Hall–Kier alpha value is -4.05. The highest BCUT2D eigenvalue weighted by atomic mass is 32.2. The van der Waals surface area contributed by atoms with Gasteiger partial charge in [-0.15, -0.1) is 0 Å². The molecule has 0 aliphatic rings. The lowest BCUT2D eigenvalue weighted by Gasteiger charge is -2.08. The van der Waals surface area contributed by atoms with Gasteiger partial charge in [0, 0.05) is 25.1 Å². The molecule has 0 aliphatic heterocycles. The van der Waals surface area contributed by atoms with Crippen molar-refractivity contribution in [3.05, 3.63) is 84.8 Å². The number of carbonyl (C=O) groups excluding carboxylic acids is 1. The number of aromatic nitrogens is 4. The molecular formula is C21H18N6O3S. The number of nitrogens with one attached hydrogen (secondary N) is 2. The second-order valence-electron chi connectivity index (χ2n) is 6.56. The molecule has 1 amide bonds. The SMILES string of the molecule is Cn1nc(C(=O)Nc2ccc(S(=O)(=O)Nc3ncccn3)cc2)cc1-c1ccccc1. The molecule has 0 bridgehead atoms. The molecule has 0 radical (unpaired) electrons. The Morgan fingerprint density at radius 3 is 2.29 bits per heavy atom. The van der Waals surface area contributed by atoms with Gasteiger partial charge in [0.15, 0.2) is 5.69 Å². The normalized spacial score (nSPS) is 11.1. The Balaban J connectivity index is 1.47. The monoisotopic (exact) mass is 434 g/mol. The molecule has 10 heteroatoms. The van der Waals surface area contributed by atoms with Crippen LogP contribution in [0.25, 0.3) is 11.3 Å². The number of sulfonamides is 1. The minimum atomic E-state index is -3.85. The maximum atomic E-state index is 12.6. The number of benzene rings is 2. The number of hydrogen-bond donors (Lipinski definition) is 2. The fourth-order valence-electron chi connectivity index (χ4n) is 2.90. The van der Waals surface area contributed by atoms with Crippen LogP contribution >= 0.6 is 0 Å². The minimum Gasteiger partial charge on any atom is -0.321 e. The number of carbonyl (C=O) groups is 1. The first-order valence-electron chi connectivity index (χ1n) is 9.23. The van der Waals surface area contributed by atoms with E-state index in [1.54, 1.807) is 23.9 Å². The maximum absolute atomic E-state index is 12.6. The molecule has 2 heterocycles. The Labute approximate surface area is 178 Å². The predicted molar refractivity (Wildman–Crippen MR) is 116 cm³/mol. The van der Waals surface area contributed by atoms with Crippen molar-refractivity contribution in [2.24, 2.45) is 7.05 Å². The zero-order chi connectivity index (χ0) is 21.8. The number of anilines is 2. The molecule has 2 aromatic heterocycles. The summed E-state index contributed by atoms with van der Waals surface area (Å²) < 4.78 is 28.8. The first-order valence-corrected chi connectivity index (χ1v) is 10.7. The van der Waals surface area contributed by atoms with E-state index in [0.717, 1.165) is 11.3 Å². The molecule has 9 nitrogen and oxygen atoms in total. The summed E-state index contributed by atoms with van der Waals surface area (Å²) >= 11 is 0. The third kappa shape index (κ3) is 4.59. The van der Waals surface area contributed by atoms with Crippen LogP contribution in [0.5, 0.6) is 0 Å². The summed E-state index contributed by atoms with van der Waals surface area (Å²) in [5.74, 6) is -0.423. The van der Waals surface area contributed by atoms with Crippen molar-refractivity contribution in [2.75, 3.05) is 10.0 Å². The van der Waals surface area contributed by atoms with Gasteiger partial charge < -0.3 is 5.32 Å². The molecule has 4 rings (SSSR count). The van der Waals surface area contributed by atoms with E-state index in [9.17, 15) is 13.2 Å². The van der Waals surface area contributed by atoms with Crippen LogP contribution in [-0.2, 0) is 17.1 Å². The summed E-state index contributed by atoms with van der Waals surface area (Å²) in [5.41, 5.74) is 2.44. The van der Waals surface area contributed by atoms with Crippen molar-refractivity contribution in [3.63, 3.8) is 0 Å². The first-order chi connectivity index (χ1) is 14.9. The number of rotatable bonds is 6. The van der Waals surface area contributed by atoms with Crippen LogP contribution in [-0.4, -0.2) is 34.1 Å². The third-order valence-electron chi connectivity index (χ3n) is 4.40. The summed E-state index contributed by atoms with van der Waals surface area (Å²) in [6.45, 7) is 0. The third-order valence-corrected chi connectivity index (χ3v) is 5.74. The van der Waals surface area contributed by atoms with E-state index in [1.165, 1.54) is 36.7 Å². The van der Waals surface area contributed by atoms with Crippen molar-refractivity contribution in [1.29, 1.82) is 0 Å². The molecular weight excluding hydrogens is 416 g/mol. The van der Waals surface area contributed by atoms with Crippen LogP contribution in [0.3, 0.4) is 0 Å². The van der Waals surface area contributed by atoms with Gasteiger partial charge in [-0.05, 0) is 42.0 Å². The number of hydrogen-bond acceptors (Lipinski definition) is 6. The number of aryl methyl sites for hydroxylation is 1. The van der Waals surface area contributed by atoms with E-state index in [1.807, 2.05) is 30.3 Å². The molecule has 0 saturated carbocycles. The minimum absolute atomic E-state index is 0.0159. The smallest absolute Gasteiger partial charge is 0.276 e. The first kappa shape index (κ1) is 20.2. The van der Waals surface area contributed by atoms with E-state index in [0.29, 0.717) is 5.69 Å². The van der Waals surface area contributed by atoms with Gasteiger partial charge in [0.25, 0.3) is 15.9 Å². The van der Waals surface area contributed by atoms with Crippen LogP contribution < -0.4 is 10.0 Å². The Kier molecular flexibility index (Phi) is 5.46. The standard InChI is InChI=1S/C21H18N6O3S/c1-27-19(15-6-3-2-4-7-15)14-18(25-27)20(28)24-16-8-10-17(11-9-16)31(29,30)26-21-22-12-5-13-23-21/h2-14H,1H3,(H,24,28)(H,22,23,26). The molecule has 0 fully saturated rings. The van der Waals surface area contributed by atoms with Crippen molar-refractivity contribution in [3.8, 4) is 11.3 Å². The van der Waals surface area contributed by atoms with E-state index in [-0.39, 0.29) is 16.5 Å². The highest BCUT2D eigenvalue weighted by molar-refractivity contribution is 7.92. The number of nitrogens with zero attached hydrogens (tertiary/aromatic N) is 4. The molecule has 2 aromatic carbocycles. The van der Waals surface area contributed by atoms with Crippen LogP contribution in [0.4, 0.5) is 11.6 Å². The average Bonchev–Trinajstić information content (AvgIpc) is 3.17. The molecule has 156 valence electrons. The Morgan fingerprint density at radius 1 is 0.935 bits per heavy atom. The summed E-state index contributed by atoms with van der Waals surface area (Å²) in [5, 5.41) is 7.00. The van der Waals surface area contributed by atoms with Gasteiger partial charge in [0.1, 0.15) is 0 Å². The Morgan fingerprint density at radius 2 is 1.61 bits per heavy atom. The van der Waals surface area contributed by atoms with Gasteiger partial charge in [-0.2, -0.15) is 5.10 Å². The average molecular weight is 434 g/mol.